The molecule has 13 heteroatoms. The topological polar surface area (TPSA) is 160 Å². The van der Waals surface area contributed by atoms with Gasteiger partial charge in [0.1, 0.15) is 19.3 Å². The average Bonchev–Trinajstić information content (AvgIpc) is 2.76. The van der Waals surface area contributed by atoms with Gasteiger partial charge >= 0.3 is 13.5 Å². The number of aliphatic hydroxyl groups excluding tert-OH is 1. The zero-order chi connectivity index (χ0) is 18.8. The zero-order valence-corrected chi connectivity index (χ0v) is 13.3. The summed E-state index contributed by atoms with van der Waals surface area (Å²) in [5, 5.41) is 10.1. The van der Waals surface area contributed by atoms with Gasteiger partial charge in [-0.15, -0.1) is 6.42 Å². The van der Waals surface area contributed by atoms with Crippen LogP contribution in [0.4, 0.5) is 4.39 Å². The highest BCUT2D eigenvalue weighted by Crippen LogP contribution is 2.44. The van der Waals surface area contributed by atoms with Gasteiger partial charge < -0.3 is 24.4 Å². The fourth-order valence-corrected chi connectivity index (χ4v) is 2.54. The number of aromatic nitrogens is 2. The summed E-state index contributed by atoms with van der Waals surface area (Å²) in [6.07, 6.45) is -0.187. The minimum absolute atomic E-state index is 0.512. The van der Waals surface area contributed by atoms with Gasteiger partial charge in [0, 0.05) is 12.3 Å². The van der Waals surface area contributed by atoms with Crippen molar-refractivity contribution in [1.29, 1.82) is 0 Å². The van der Waals surface area contributed by atoms with Crippen molar-refractivity contribution in [2.45, 2.75) is 24.3 Å². The first-order chi connectivity index (χ1) is 11.6. The Morgan fingerprint density at radius 3 is 2.76 bits per heavy atom. The maximum Gasteiger partial charge on any atom is 0.469 e. The molecule has 0 bridgehead atoms. The Hall–Kier alpha value is -1.84. The first-order valence-corrected chi connectivity index (χ1v) is 8.21. The number of ether oxygens (including phenoxy) is 2. The Morgan fingerprint density at radius 1 is 1.52 bits per heavy atom. The molecule has 1 aromatic rings. The molecule has 0 unspecified atom stereocenters. The van der Waals surface area contributed by atoms with Crippen LogP contribution in [0.25, 0.3) is 0 Å². The first kappa shape index (κ1) is 19.5. The third-order valence-electron chi connectivity index (χ3n) is 3.30. The second kappa shape index (κ2) is 7.19. The molecule has 25 heavy (non-hydrogen) atoms. The van der Waals surface area contributed by atoms with Gasteiger partial charge in [-0.2, -0.15) is 0 Å². The summed E-state index contributed by atoms with van der Waals surface area (Å²) in [6.45, 7) is -1.59. The summed E-state index contributed by atoms with van der Waals surface area (Å²) in [4.78, 5) is 42.3. The Kier molecular flexibility index (Phi) is 5.60. The van der Waals surface area contributed by atoms with Gasteiger partial charge in [-0.3, -0.25) is 18.9 Å². The predicted octanol–water partition coefficient (Wildman–Crippen LogP) is -1.78. The molecule has 0 saturated carbocycles. The molecule has 138 valence electrons. The zero-order valence-electron chi connectivity index (χ0n) is 12.4. The SMILES string of the molecule is C#CCO[C@]1(COP(=O)(O)O)O[C@@H](n2ccc(=O)[nH]c2=O)[C@H](F)[C@@H]1O. The van der Waals surface area contributed by atoms with Gasteiger partial charge in [0.2, 0.25) is 5.79 Å². The standard InChI is InChI=1S/C12H14FN2O9P/c1-2-5-22-12(6-23-25(19,20)21)9(17)8(13)10(24-12)15-4-3-7(16)14-11(15)18/h1,3-4,8-10,17H,5-6H2,(H,14,16,18)(H2,19,20,21)/t8-,9+,10-,12-/m1/s1. The van der Waals surface area contributed by atoms with E-state index in [0.29, 0.717) is 4.57 Å². The molecule has 4 atom stereocenters. The van der Waals surface area contributed by atoms with Crippen molar-refractivity contribution in [2.75, 3.05) is 13.2 Å². The van der Waals surface area contributed by atoms with E-state index in [1.54, 1.807) is 0 Å². The second-order valence-corrected chi connectivity index (χ2v) is 6.22. The molecule has 1 aliphatic heterocycles. The molecule has 0 spiro atoms. The third kappa shape index (κ3) is 4.23. The largest absolute Gasteiger partial charge is 0.469 e. The summed E-state index contributed by atoms with van der Waals surface area (Å²) in [6, 6.07) is 0.915. The molecule has 0 aromatic carbocycles. The van der Waals surface area contributed by atoms with Gasteiger partial charge in [-0.25, -0.2) is 13.8 Å². The molecular weight excluding hydrogens is 366 g/mol. The van der Waals surface area contributed by atoms with Crippen molar-refractivity contribution in [3.8, 4) is 12.3 Å². The molecule has 1 aliphatic rings. The van der Waals surface area contributed by atoms with E-state index < -0.39 is 56.6 Å². The lowest BCUT2D eigenvalue weighted by Crippen LogP contribution is -2.48. The lowest BCUT2D eigenvalue weighted by molar-refractivity contribution is -0.274. The van der Waals surface area contributed by atoms with Crippen LogP contribution in [0.3, 0.4) is 0 Å². The molecule has 1 saturated heterocycles. The van der Waals surface area contributed by atoms with Crippen molar-refractivity contribution in [3.05, 3.63) is 33.1 Å². The van der Waals surface area contributed by atoms with Crippen molar-refractivity contribution in [2.24, 2.45) is 0 Å². The Balaban J connectivity index is 2.37. The smallest absolute Gasteiger partial charge is 0.384 e. The fourth-order valence-electron chi connectivity index (χ4n) is 2.19. The number of aromatic amines is 1. The summed E-state index contributed by atoms with van der Waals surface area (Å²) in [5.41, 5.74) is -1.77. The van der Waals surface area contributed by atoms with Crippen LogP contribution < -0.4 is 11.2 Å². The number of phosphoric acid groups is 1. The minimum atomic E-state index is -5.01. The predicted molar refractivity (Wildman–Crippen MR) is 77.9 cm³/mol. The van der Waals surface area contributed by atoms with Crippen molar-refractivity contribution >= 4 is 7.82 Å². The van der Waals surface area contributed by atoms with E-state index in [4.69, 9.17) is 25.7 Å². The molecule has 0 radical (unpaired) electrons. The molecule has 11 nitrogen and oxygen atoms in total. The van der Waals surface area contributed by atoms with Gasteiger partial charge in [-0.1, -0.05) is 5.92 Å². The van der Waals surface area contributed by atoms with E-state index in [0.717, 1.165) is 12.3 Å². The second-order valence-electron chi connectivity index (χ2n) is 4.98. The molecule has 0 aliphatic carbocycles. The first-order valence-electron chi connectivity index (χ1n) is 6.68. The number of H-pyrrole nitrogens is 1. The van der Waals surface area contributed by atoms with E-state index in [1.807, 2.05) is 10.9 Å². The fraction of sp³-hybridized carbons (Fsp3) is 0.500. The number of alkyl halides is 1. The molecule has 0 amide bonds. The van der Waals surface area contributed by atoms with Crippen molar-refractivity contribution in [1.82, 2.24) is 9.55 Å². The third-order valence-corrected chi connectivity index (χ3v) is 3.77. The van der Waals surface area contributed by atoms with Gasteiger partial charge in [0.05, 0.1) is 0 Å². The van der Waals surface area contributed by atoms with E-state index in [9.17, 15) is 23.7 Å². The number of nitrogens with zero attached hydrogens (tertiary/aromatic N) is 1. The summed E-state index contributed by atoms with van der Waals surface area (Å²) in [5.74, 6) is -0.358. The minimum Gasteiger partial charge on any atom is -0.384 e. The quantitative estimate of drug-likeness (QED) is 0.330. The number of hydrogen-bond donors (Lipinski definition) is 4. The number of phosphoric ester groups is 1. The number of rotatable bonds is 6. The van der Waals surface area contributed by atoms with Crippen LogP contribution in [-0.4, -0.2) is 55.7 Å². The molecule has 2 rings (SSSR count). The normalized spacial score (nSPS) is 29.5. The molecular formula is C12H14FN2O9P. The van der Waals surface area contributed by atoms with Crippen LogP contribution in [0.15, 0.2) is 21.9 Å². The number of halogens is 1. The van der Waals surface area contributed by atoms with Crippen LogP contribution in [0.1, 0.15) is 6.23 Å². The highest BCUT2D eigenvalue weighted by molar-refractivity contribution is 7.46. The highest BCUT2D eigenvalue weighted by Gasteiger charge is 2.58. The lowest BCUT2D eigenvalue weighted by Gasteiger charge is -2.30. The summed E-state index contributed by atoms with van der Waals surface area (Å²) < 4.78 is 40.5. The highest BCUT2D eigenvalue weighted by atomic mass is 31.2. The lowest BCUT2D eigenvalue weighted by atomic mass is 10.1. The molecule has 2 heterocycles. The van der Waals surface area contributed by atoms with E-state index in [1.165, 1.54) is 0 Å². The average molecular weight is 380 g/mol. The molecule has 1 fully saturated rings. The Morgan fingerprint density at radius 2 is 2.20 bits per heavy atom. The monoisotopic (exact) mass is 380 g/mol. The van der Waals surface area contributed by atoms with Crippen LogP contribution in [0, 0.1) is 12.3 Å². The van der Waals surface area contributed by atoms with Gasteiger partial charge in [0.25, 0.3) is 5.56 Å². The Bertz CT molecular complexity index is 827. The van der Waals surface area contributed by atoms with Crippen molar-refractivity contribution in [3.63, 3.8) is 0 Å². The van der Waals surface area contributed by atoms with Gasteiger partial charge in [0.15, 0.2) is 12.4 Å². The van der Waals surface area contributed by atoms with Crippen LogP contribution in [-0.2, 0) is 18.6 Å². The number of aliphatic hydroxyl groups is 1. The van der Waals surface area contributed by atoms with Crippen LogP contribution in [0.5, 0.6) is 0 Å². The number of nitrogens with one attached hydrogen (secondary N) is 1. The summed E-state index contributed by atoms with van der Waals surface area (Å²) in [7, 11) is -5.01. The molecule has 4 N–H and O–H groups in total. The Labute approximate surface area is 139 Å². The number of terminal acetylenes is 1. The molecule has 1 aromatic heterocycles. The number of hydrogen-bond acceptors (Lipinski definition) is 7. The maximum atomic E-state index is 14.5. The van der Waals surface area contributed by atoms with E-state index >= 15 is 0 Å². The maximum absolute atomic E-state index is 14.5. The van der Waals surface area contributed by atoms with E-state index in [-0.39, 0.29) is 0 Å². The van der Waals surface area contributed by atoms with Gasteiger partial charge in [-0.05, 0) is 0 Å². The van der Waals surface area contributed by atoms with E-state index in [2.05, 4.69) is 4.52 Å². The van der Waals surface area contributed by atoms with Crippen LogP contribution in [0.2, 0.25) is 0 Å². The summed E-state index contributed by atoms with van der Waals surface area (Å²) >= 11 is 0. The van der Waals surface area contributed by atoms with Crippen molar-refractivity contribution < 1.29 is 37.8 Å². The van der Waals surface area contributed by atoms with Crippen LogP contribution >= 0.6 is 7.82 Å².